The Morgan fingerprint density at radius 1 is 1.21 bits per heavy atom. The van der Waals surface area contributed by atoms with Crippen LogP contribution in [0.3, 0.4) is 0 Å². The van der Waals surface area contributed by atoms with Crippen molar-refractivity contribution in [2.45, 2.75) is 6.92 Å². The summed E-state index contributed by atoms with van der Waals surface area (Å²) in [6.07, 6.45) is 1.59. The van der Waals surface area contributed by atoms with Crippen molar-refractivity contribution in [1.29, 1.82) is 0 Å². The lowest BCUT2D eigenvalue weighted by atomic mass is 9.97. The van der Waals surface area contributed by atoms with Gasteiger partial charge in [-0.2, -0.15) is 0 Å². The van der Waals surface area contributed by atoms with Crippen molar-refractivity contribution in [3.63, 3.8) is 0 Å². The van der Waals surface area contributed by atoms with E-state index >= 15 is 0 Å². The van der Waals surface area contributed by atoms with Crippen LogP contribution in [0.25, 0.3) is 0 Å². The van der Waals surface area contributed by atoms with E-state index in [2.05, 4.69) is 10.3 Å². The summed E-state index contributed by atoms with van der Waals surface area (Å²) in [5, 5.41) is 2.73. The molecule has 0 spiro atoms. The number of halogens is 2. The van der Waals surface area contributed by atoms with Crippen LogP contribution < -0.4 is 5.32 Å². The molecular formula is C17H15F2N3O2. The number of benzene rings is 1. The quantitative estimate of drug-likeness (QED) is 0.939. The monoisotopic (exact) mass is 331 g/mol. The van der Waals surface area contributed by atoms with E-state index in [1.54, 1.807) is 12.3 Å². The second-order valence-corrected chi connectivity index (χ2v) is 5.69. The number of hydrogen-bond donors (Lipinski definition) is 1. The van der Waals surface area contributed by atoms with Gasteiger partial charge in [-0.15, -0.1) is 0 Å². The number of aromatic nitrogens is 1. The number of nitrogens with one attached hydrogen (secondary N) is 1. The zero-order chi connectivity index (χ0) is 17.3. The van der Waals surface area contributed by atoms with Crippen molar-refractivity contribution in [3.05, 3.63) is 59.3 Å². The first-order valence-electron chi connectivity index (χ1n) is 7.42. The molecule has 7 heteroatoms. The molecule has 2 heterocycles. The van der Waals surface area contributed by atoms with Crippen LogP contribution in [0.1, 0.15) is 15.9 Å². The van der Waals surface area contributed by atoms with E-state index in [0.717, 1.165) is 17.7 Å². The van der Waals surface area contributed by atoms with Gasteiger partial charge in [-0.3, -0.25) is 9.59 Å². The van der Waals surface area contributed by atoms with Gasteiger partial charge in [0.25, 0.3) is 5.91 Å². The minimum atomic E-state index is -1.07. The van der Waals surface area contributed by atoms with Crippen molar-refractivity contribution in [2.24, 2.45) is 5.92 Å². The van der Waals surface area contributed by atoms with Crippen LogP contribution in [0.2, 0.25) is 0 Å². The summed E-state index contributed by atoms with van der Waals surface area (Å²) in [5.41, 5.74) is 0.910. The molecule has 1 aromatic carbocycles. The third-order valence-electron chi connectivity index (χ3n) is 3.96. The molecule has 0 atom stereocenters. The highest BCUT2D eigenvalue weighted by atomic mass is 19.2. The predicted octanol–water partition coefficient (Wildman–Crippen LogP) is 2.38. The van der Waals surface area contributed by atoms with Crippen LogP contribution in [-0.4, -0.2) is 34.8 Å². The predicted molar refractivity (Wildman–Crippen MR) is 83.4 cm³/mol. The zero-order valence-electron chi connectivity index (χ0n) is 12.9. The molecule has 2 amide bonds. The van der Waals surface area contributed by atoms with E-state index in [0.29, 0.717) is 5.82 Å². The van der Waals surface area contributed by atoms with E-state index in [-0.39, 0.29) is 30.5 Å². The minimum absolute atomic E-state index is 0.0633. The molecule has 1 N–H and O–H groups in total. The average molecular weight is 331 g/mol. The number of nitrogens with zero attached hydrogens (tertiary/aromatic N) is 2. The molecule has 3 rings (SSSR count). The number of hydrogen-bond acceptors (Lipinski definition) is 3. The van der Waals surface area contributed by atoms with Gasteiger partial charge in [0.1, 0.15) is 5.82 Å². The van der Waals surface area contributed by atoms with E-state index < -0.39 is 17.5 Å². The maximum absolute atomic E-state index is 13.2. The molecule has 1 saturated heterocycles. The van der Waals surface area contributed by atoms with Crippen LogP contribution >= 0.6 is 0 Å². The number of carbonyl (C=O) groups excluding carboxylic acids is 2. The van der Waals surface area contributed by atoms with E-state index in [1.807, 2.05) is 13.0 Å². The lowest BCUT2D eigenvalue weighted by molar-refractivity contribution is -0.123. The minimum Gasteiger partial charge on any atom is -0.337 e. The van der Waals surface area contributed by atoms with Crippen molar-refractivity contribution >= 4 is 17.6 Å². The Morgan fingerprint density at radius 3 is 2.62 bits per heavy atom. The standard InChI is InChI=1S/C17H15F2N3O2/c1-10-3-2-6-20-15(10)21-16(23)12-8-22(9-12)17(24)11-4-5-13(18)14(19)7-11/h2-7,12H,8-9H2,1H3,(H,20,21,23). The van der Waals surface area contributed by atoms with Crippen LogP contribution in [0.5, 0.6) is 0 Å². The maximum atomic E-state index is 13.2. The van der Waals surface area contributed by atoms with Crippen molar-refractivity contribution in [1.82, 2.24) is 9.88 Å². The molecule has 1 fully saturated rings. The fourth-order valence-corrected chi connectivity index (χ4v) is 2.46. The molecule has 1 aromatic heterocycles. The van der Waals surface area contributed by atoms with Gasteiger partial charge < -0.3 is 10.2 Å². The number of carbonyl (C=O) groups is 2. The van der Waals surface area contributed by atoms with Gasteiger partial charge in [0, 0.05) is 24.8 Å². The van der Waals surface area contributed by atoms with Crippen LogP contribution in [0.15, 0.2) is 36.5 Å². The van der Waals surface area contributed by atoms with Crippen molar-refractivity contribution in [3.8, 4) is 0 Å². The third kappa shape index (κ3) is 3.10. The Kier molecular flexibility index (Phi) is 4.24. The molecule has 5 nitrogen and oxygen atoms in total. The molecule has 124 valence electrons. The summed E-state index contributed by atoms with van der Waals surface area (Å²) < 4.78 is 26.1. The molecule has 2 aromatic rings. The van der Waals surface area contributed by atoms with Gasteiger partial charge in [-0.1, -0.05) is 6.07 Å². The molecule has 0 saturated carbocycles. The SMILES string of the molecule is Cc1cccnc1NC(=O)C1CN(C(=O)c2ccc(F)c(F)c2)C1. The third-order valence-corrected chi connectivity index (χ3v) is 3.96. The van der Waals surface area contributed by atoms with Gasteiger partial charge in [-0.25, -0.2) is 13.8 Å². The first-order valence-corrected chi connectivity index (χ1v) is 7.42. The summed E-state index contributed by atoms with van der Waals surface area (Å²) in [6.45, 7) is 2.30. The lowest BCUT2D eigenvalue weighted by Gasteiger charge is -2.38. The Balaban J connectivity index is 1.58. The Labute approximate surface area is 137 Å². The van der Waals surface area contributed by atoms with Gasteiger partial charge in [0.15, 0.2) is 11.6 Å². The second kappa shape index (κ2) is 6.35. The first kappa shape index (κ1) is 16.0. The molecule has 0 bridgehead atoms. The fraction of sp³-hybridized carbons (Fsp3) is 0.235. The van der Waals surface area contributed by atoms with Gasteiger partial charge in [0.2, 0.25) is 5.91 Å². The largest absolute Gasteiger partial charge is 0.337 e. The highest BCUT2D eigenvalue weighted by Gasteiger charge is 2.36. The summed E-state index contributed by atoms with van der Waals surface area (Å²) in [4.78, 5) is 29.8. The van der Waals surface area contributed by atoms with Crippen molar-refractivity contribution in [2.75, 3.05) is 18.4 Å². The highest BCUT2D eigenvalue weighted by Crippen LogP contribution is 2.21. The molecule has 1 aliphatic heterocycles. The molecule has 24 heavy (non-hydrogen) atoms. The number of rotatable bonds is 3. The van der Waals surface area contributed by atoms with Crippen LogP contribution in [-0.2, 0) is 4.79 Å². The topological polar surface area (TPSA) is 62.3 Å². The summed E-state index contributed by atoms with van der Waals surface area (Å²) in [6, 6.07) is 6.61. The number of pyridine rings is 1. The molecule has 0 radical (unpaired) electrons. The summed E-state index contributed by atoms with van der Waals surface area (Å²) in [7, 11) is 0. The zero-order valence-corrected chi connectivity index (χ0v) is 12.9. The maximum Gasteiger partial charge on any atom is 0.254 e. The second-order valence-electron chi connectivity index (χ2n) is 5.69. The molecular weight excluding hydrogens is 316 g/mol. The highest BCUT2D eigenvalue weighted by molar-refractivity contribution is 5.98. The number of likely N-dealkylation sites (tertiary alicyclic amines) is 1. The van der Waals surface area contributed by atoms with Crippen LogP contribution in [0.4, 0.5) is 14.6 Å². The van der Waals surface area contributed by atoms with Gasteiger partial charge in [-0.05, 0) is 36.8 Å². The normalized spacial score (nSPS) is 14.2. The number of amides is 2. The number of anilines is 1. The van der Waals surface area contributed by atoms with E-state index in [1.165, 1.54) is 11.0 Å². The molecule has 0 aliphatic carbocycles. The lowest BCUT2D eigenvalue weighted by Crippen LogP contribution is -2.54. The Morgan fingerprint density at radius 2 is 1.96 bits per heavy atom. The number of aryl methyl sites for hydroxylation is 1. The molecule has 0 unspecified atom stereocenters. The Bertz CT molecular complexity index is 804. The smallest absolute Gasteiger partial charge is 0.254 e. The summed E-state index contributed by atoms with van der Waals surface area (Å²) in [5.74, 6) is -2.56. The fourth-order valence-electron chi connectivity index (χ4n) is 2.46. The van der Waals surface area contributed by atoms with Crippen LogP contribution in [0, 0.1) is 24.5 Å². The molecule has 1 aliphatic rings. The Hall–Kier alpha value is -2.83. The van der Waals surface area contributed by atoms with E-state index in [9.17, 15) is 18.4 Å². The summed E-state index contributed by atoms with van der Waals surface area (Å²) >= 11 is 0. The van der Waals surface area contributed by atoms with Crippen molar-refractivity contribution < 1.29 is 18.4 Å². The average Bonchev–Trinajstić information content (AvgIpc) is 2.50. The first-order chi connectivity index (χ1) is 11.5. The van der Waals surface area contributed by atoms with E-state index in [4.69, 9.17) is 0 Å². The van der Waals surface area contributed by atoms with Gasteiger partial charge in [0.05, 0.1) is 5.92 Å². The van der Waals surface area contributed by atoms with Gasteiger partial charge >= 0.3 is 0 Å².